The Bertz CT molecular complexity index is 1690. The van der Waals surface area contributed by atoms with Crippen LogP contribution in [-0.4, -0.2) is 31.8 Å². The predicted octanol–water partition coefficient (Wildman–Crippen LogP) is 5.82. The van der Waals surface area contributed by atoms with Gasteiger partial charge in [0.15, 0.2) is 0 Å². The molecule has 1 N–H and O–H groups in total. The molecule has 0 saturated carbocycles. The van der Waals surface area contributed by atoms with E-state index in [9.17, 15) is 4.79 Å². The van der Waals surface area contributed by atoms with Crippen molar-refractivity contribution < 1.29 is 4.74 Å². The summed E-state index contributed by atoms with van der Waals surface area (Å²) < 4.78 is 6.59. The second-order valence-electron chi connectivity index (χ2n) is 8.01. The zero-order valence-electron chi connectivity index (χ0n) is 19.6. The van der Waals surface area contributed by atoms with Crippen LogP contribution in [0.1, 0.15) is 5.69 Å². The molecule has 0 amide bonds. The summed E-state index contributed by atoms with van der Waals surface area (Å²) in [6.45, 7) is 1.82. The highest BCUT2D eigenvalue weighted by atomic mass is 35.5. The Kier molecular flexibility index (Phi) is 6.30. The lowest BCUT2D eigenvalue weighted by molar-refractivity contribution is 0.392. The summed E-state index contributed by atoms with van der Waals surface area (Å²) in [7, 11) is 3.14. The molecule has 2 aromatic carbocycles. The highest BCUT2D eigenvalue weighted by Crippen LogP contribution is 2.41. The van der Waals surface area contributed by atoms with Gasteiger partial charge in [0.2, 0.25) is 5.88 Å². The molecule has 10 heteroatoms. The third-order valence-electron chi connectivity index (χ3n) is 5.78. The molecule has 3 heterocycles. The quantitative estimate of drug-likeness (QED) is 0.313. The number of aryl methyl sites for hydroxylation is 2. The van der Waals surface area contributed by atoms with Crippen molar-refractivity contribution in [1.29, 1.82) is 0 Å². The van der Waals surface area contributed by atoms with Crippen LogP contribution in [0.25, 0.3) is 33.2 Å². The average Bonchev–Trinajstić information content (AvgIpc) is 2.88. The maximum absolute atomic E-state index is 12.7. The molecule has 0 aliphatic carbocycles. The van der Waals surface area contributed by atoms with Crippen molar-refractivity contribution in [3.05, 3.63) is 87.1 Å². The van der Waals surface area contributed by atoms with Crippen LogP contribution in [0.2, 0.25) is 10.0 Å². The number of aromatic nitrogens is 5. The van der Waals surface area contributed by atoms with Gasteiger partial charge in [0.05, 0.1) is 52.0 Å². The van der Waals surface area contributed by atoms with Gasteiger partial charge in [0.25, 0.3) is 5.56 Å². The molecular weight excluding hydrogens is 499 g/mol. The average molecular weight is 519 g/mol. The highest BCUT2D eigenvalue weighted by molar-refractivity contribution is 6.39. The van der Waals surface area contributed by atoms with E-state index in [1.807, 2.05) is 43.3 Å². The predicted molar refractivity (Wildman–Crippen MR) is 142 cm³/mol. The van der Waals surface area contributed by atoms with Crippen LogP contribution in [0.5, 0.6) is 5.88 Å². The first kappa shape index (κ1) is 23.7. The van der Waals surface area contributed by atoms with E-state index < -0.39 is 0 Å². The van der Waals surface area contributed by atoms with Gasteiger partial charge in [0, 0.05) is 35.3 Å². The summed E-state index contributed by atoms with van der Waals surface area (Å²) in [5, 5.41) is 9.28. The van der Waals surface area contributed by atoms with Gasteiger partial charge in [-0.05, 0) is 19.1 Å². The van der Waals surface area contributed by atoms with Crippen molar-refractivity contribution in [2.45, 2.75) is 6.92 Å². The third-order valence-corrected chi connectivity index (χ3v) is 6.60. The van der Waals surface area contributed by atoms with Crippen molar-refractivity contribution in [3.63, 3.8) is 0 Å². The summed E-state index contributed by atoms with van der Waals surface area (Å²) in [6.07, 6.45) is 4.89. The van der Waals surface area contributed by atoms with Gasteiger partial charge in [-0.1, -0.05) is 53.5 Å². The fourth-order valence-electron chi connectivity index (χ4n) is 3.92. The Hall–Kier alpha value is -4.01. The van der Waals surface area contributed by atoms with E-state index >= 15 is 0 Å². The maximum Gasteiger partial charge on any atom is 0.278 e. The number of benzene rings is 2. The van der Waals surface area contributed by atoms with Gasteiger partial charge in [0.1, 0.15) is 5.82 Å². The number of hydrogen-bond donors (Lipinski definition) is 1. The van der Waals surface area contributed by atoms with Crippen LogP contribution in [0.3, 0.4) is 0 Å². The number of anilines is 2. The molecule has 0 saturated heterocycles. The van der Waals surface area contributed by atoms with E-state index in [1.165, 1.54) is 4.68 Å². The molecule has 180 valence electrons. The van der Waals surface area contributed by atoms with Crippen LogP contribution in [0.4, 0.5) is 11.5 Å². The zero-order valence-corrected chi connectivity index (χ0v) is 21.1. The molecule has 0 unspecified atom stereocenters. The lowest BCUT2D eigenvalue weighted by Crippen LogP contribution is -2.20. The Morgan fingerprint density at radius 3 is 2.44 bits per heavy atom. The first-order valence-corrected chi connectivity index (χ1v) is 11.7. The Morgan fingerprint density at radius 1 is 0.944 bits per heavy atom. The summed E-state index contributed by atoms with van der Waals surface area (Å²) in [6, 6.07) is 12.9. The van der Waals surface area contributed by atoms with Crippen LogP contribution in [0, 0.1) is 6.92 Å². The maximum atomic E-state index is 12.7. The second kappa shape index (κ2) is 9.56. The Balaban J connectivity index is 1.59. The number of nitrogens with zero attached hydrogens (tertiary/aromatic N) is 5. The molecule has 0 spiro atoms. The lowest BCUT2D eigenvalue weighted by atomic mass is 10.0. The van der Waals surface area contributed by atoms with Crippen molar-refractivity contribution in [2.75, 3.05) is 12.4 Å². The van der Waals surface area contributed by atoms with Crippen molar-refractivity contribution >= 4 is 45.5 Å². The molecule has 0 bridgehead atoms. The Morgan fingerprint density at radius 2 is 1.67 bits per heavy atom. The fourth-order valence-corrected chi connectivity index (χ4v) is 4.52. The highest BCUT2D eigenvalue weighted by Gasteiger charge is 2.17. The van der Waals surface area contributed by atoms with E-state index in [2.05, 4.69) is 25.4 Å². The summed E-state index contributed by atoms with van der Waals surface area (Å²) in [5.74, 6) is 0.818. The standard InChI is InChI=1S/C26H20Cl2N6O2/c1-14-25(36-3)33-20(13-30-14)18-8-4-6-16(22(18)27)17-7-5-9-19(23(17)28)32-24-21-15(10-11-29-24)12-31-34(2)26(21)35/h4-13H,1-3H3,(H,29,32). The number of nitrogens with one attached hydrogen (secondary N) is 1. The summed E-state index contributed by atoms with van der Waals surface area (Å²) in [5.41, 5.74) is 3.70. The number of hydrogen-bond acceptors (Lipinski definition) is 7. The Labute approximate surface area is 216 Å². The van der Waals surface area contributed by atoms with E-state index in [0.29, 0.717) is 60.7 Å². The van der Waals surface area contributed by atoms with Gasteiger partial charge < -0.3 is 10.1 Å². The molecule has 5 rings (SSSR count). The molecule has 0 fully saturated rings. The minimum atomic E-state index is -0.263. The van der Waals surface area contributed by atoms with Crippen molar-refractivity contribution in [2.24, 2.45) is 7.05 Å². The molecule has 0 radical (unpaired) electrons. The van der Waals surface area contributed by atoms with E-state index in [4.69, 9.17) is 27.9 Å². The molecule has 0 atom stereocenters. The molecule has 5 aromatic rings. The van der Waals surface area contributed by atoms with Gasteiger partial charge >= 0.3 is 0 Å². The van der Waals surface area contributed by atoms with E-state index in [-0.39, 0.29) is 5.56 Å². The number of pyridine rings is 1. The normalized spacial score (nSPS) is 11.0. The first-order valence-electron chi connectivity index (χ1n) is 10.9. The van der Waals surface area contributed by atoms with Crippen LogP contribution < -0.4 is 15.6 Å². The molecule has 8 nitrogen and oxygen atoms in total. The van der Waals surface area contributed by atoms with Gasteiger partial charge in [-0.15, -0.1) is 0 Å². The van der Waals surface area contributed by atoms with Crippen LogP contribution >= 0.6 is 23.2 Å². The third kappa shape index (κ3) is 4.14. The lowest BCUT2D eigenvalue weighted by Gasteiger charge is -2.15. The summed E-state index contributed by atoms with van der Waals surface area (Å²) >= 11 is 13.7. The minimum Gasteiger partial charge on any atom is -0.480 e. The van der Waals surface area contributed by atoms with Crippen LogP contribution in [0.15, 0.2) is 65.8 Å². The molecule has 36 heavy (non-hydrogen) atoms. The molecule has 3 aromatic heterocycles. The molecule has 0 aliphatic rings. The number of methoxy groups -OCH3 is 1. The van der Waals surface area contributed by atoms with Crippen molar-refractivity contribution in [1.82, 2.24) is 24.7 Å². The van der Waals surface area contributed by atoms with Gasteiger partial charge in [-0.25, -0.2) is 14.6 Å². The van der Waals surface area contributed by atoms with E-state index in [1.54, 1.807) is 38.8 Å². The SMILES string of the molecule is COc1nc(-c2cccc(-c3cccc(Nc4nccc5cnn(C)c(=O)c45)c3Cl)c2Cl)cnc1C. The first-order chi connectivity index (χ1) is 17.4. The number of halogens is 2. The molecule has 0 aliphatic heterocycles. The van der Waals surface area contributed by atoms with Crippen LogP contribution in [-0.2, 0) is 7.05 Å². The number of rotatable bonds is 5. The van der Waals surface area contributed by atoms with Gasteiger partial charge in [-0.3, -0.25) is 9.78 Å². The fraction of sp³-hybridized carbons (Fsp3) is 0.115. The van der Waals surface area contributed by atoms with Crippen molar-refractivity contribution in [3.8, 4) is 28.3 Å². The number of fused-ring (bicyclic) bond motifs is 1. The molecular formula is C26H20Cl2N6O2. The topological polar surface area (TPSA) is 94.8 Å². The van der Waals surface area contributed by atoms with E-state index in [0.717, 1.165) is 5.56 Å². The smallest absolute Gasteiger partial charge is 0.278 e. The minimum absolute atomic E-state index is 0.263. The monoisotopic (exact) mass is 518 g/mol. The largest absolute Gasteiger partial charge is 0.480 e. The van der Waals surface area contributed by atoms with Gasteiger partial charge in [-0.2, -0.15) is 5.10 Å². The zero-order chi connectivity index (χ0) is 25.4. The number of ether oxygens (including phenoxy) is 1. The summed E-state index contributed by atoms with van der Waals surface area (Å²) in [4.78, 5) is 26.0. The second-order valence-corrected chi connectivity index (χ2v) is 8.76.